The zero-order valence-corrected chi connectivity index (χ0v) is 14.1. The maximum absolute atomic E-state index is 12.9. The number of carbonyl (C=O) groups excluding carboxylic acids is 1. The summed E-state index contributed by atoms with van der Waals surface area (Å²) in [6.45, 7) is 2.94. The molecule has 0 spiro atoms. The van der Waals surface area contributed by atoms with E-state index in [0.717, 1.165) is 37.0 Å². The van der Waals surface area contributed by atoms with Gasteiger partial charge in [-0.3, -0.25) is 9.59 Å². The van der Waals surface area contributed by atoms with Crippen molar-refractivity contribution in [1.29, 1.82) is 0 Å². The van der Waals surface area contributed by atoms with Crippen LogP contribution in [0.3, 0.4) is 0 Å². The lowest BCUT2D eigenvalue weighted by Crippen LogP contribution is -2.43. The summed E-state index contributed by atoms with van der Waals surface area (Å²) in [4.78, 5) is 33.3. The van der Waals surface area contributed by atoms with Crippen LogP contribution in [0.15, 0.2) is 15.4 Å². The predicted molar refractivity (Wildman–Crippen MR) is 87.3 cm³/mol. The molecule has 1 saturated heterocycles. The first-order chi connectivity index (χ1) is 12.1. The summed E-state index contributed by atoms with van der Waals surface area (Å²) in [5.74, 6) is 1.14. The van der Waals surface area contributed by atoms with Gasteiger partial charge in [0.2, 0.25) is 0 Å². The molecule has 1 amide bonds. The minimum Gasteiger partial charge on any atom is -0.367 e. The second kappa shape index (κ2) is 6.44. The fraction of sp³-hybridized carbons (Fsp3) is 0.529. The van der Waals surface area contributed by atoms with Crippen LogP contribution in [0.5, 0.6) is 0 Å². The van der Waals surface area contributed by atoms with Gasteiger partial charge in [-0.05, 0) is 26.2 Å². The summed E-state index contributed by atoms with van der Waals surface area (Å²) in [5.41, 5.74) is 1.76. The zero-order valence-electron chi connectivity index (χ0n) is 14.1. The first kappa shape index (κ1) is 16.0. The largest absolute Gasteiger partial charge is 0.367 e. The molecule has 1 atom stereocenters. The highest BCUT2D eigenvalue weighted by molar-refractivity contribution is 5.94. The number of morpholine rings is 1. The number of aromatic amines is 1. The summed E-state index contributed by atoms with van der Waals surface area (Å²) in [5, 5.41) is 4.02. The molecule has 1 fully saturated rings. The molecule has 1 aliphatic heterocycles. The first-order valence-corrected chi connectivity index (χ1v) is 8.58. The minimum absolute atomic E-state index is 0.143. The molecule has 8 heteroatoms. The molecule has 1 aliphatic carbocycles. The molecule has 2 aliphatic rings. The van der Waals surface area contributed by atoms with Crippen LogP contribution in [0.1, 0.15) is 52.3 Å². The Bertz CT molecular complexity index is 857. The van der Waals surface area contributed by atoms with Crippen LogP contribution in [0.4, 0.5) is 0 Å². The van der Waals surface area contributed by atoms with Crippen molar-refractivity contribution in [3.05, 3.63) is 45.0 Å². The van der Waals surface area contributed by atoms with Crippen molar-refractivity contribution in [1.82, 2.24) is 20.0 Å². The maximum atomic E-state index is 12.9. The number of H-pyrrole nitrogens is 1. The van der Waals surface area contributed by atoms with Gasteiger partial charge in [0.05, 0.1) is 13.2 Å². The SMILES string of the molecule is Cc1cc(=O)[nH]c([C@H]2CN(C(=O)c3noc4c3CCCC4)CCO2)n1. The van der Waals surface area contributed by atoms with Gasteiger partial charge in [-0.25, -0.2) is 4.98 Å². The van der Waals surface area contributed by atoms with Crippen LogP contribution >= 0.6 is 0 Å². The zero-order chi connectivity index (χ0) is 17.4. The molecule has 0 aromatic carbocycles. The second-order valence-corrected chi connectivity index (χ2v) is 6.52. The van der Waals surface area contributed by atoms with E-state index in [1.165, 1.54) is 6.07 Å². The van der Waals surface area contributed by atoms with Crippen LogP contribution < -0.4 is 5.56 Å². The Morgan fingerprint density at radius 1 is 1.36 bits per heavy atom. The molecule has 25 heavy (non-hydrogen) atoms. The highest BCUT2D eigenvalue weighted by Crippen LogP contribution is 2.26. The van der Waals surface area contributed by atoms with Crippen molar-refractivity contribution in [2.75, 3.05) is 19.7 Å². The van der Waals surface area contributed by atoms with E-state index < -0.39 is 6.10 Å². The van der Waals surface area contributed by atoms with Gasteiger partial charge < -0.3 is 19.1 Å². The fourth-order valence-corrected chi connectivity index (χ4v) is 3.46. The number of nitrogens with zero attached hydrogens (tertiary/aromatic N) is 3. The molecule has 0 bridgehead atoms. The number of hydrogen-bond donors (Lipinski definition) is 1. The summed E-state index contributed by atoms with van der Waals surface area (Å²) >= 11 is 0. The Morgan fingerprint density at radius 2 is 2.20 bits per heavy atom. The maximum Gasteiger partial charge on any atom is 0.276 e. The lowest BCUT2D eigenvalue weighted by Gasteiger charge is -2.32. The van der Waals surface area contributed by atoms with E-state index in [2.05, 4.69) is 15.1 Å². The van der Waals surface area contributed by atoms with Crippen LogP contribution in [0, 0.1) is 6.92 Å². The molecule has 8 nitrogen and oxygen atoms in total. The van der Waals surface area contributed by atoms with Crippen molar-refractivity contribution >= 4 is 5.91 Å². The average Bonchev–Trinajstić information content (AvgIpc) is 3.04. The number of carbonyl (C=O) groups is 1. The first-order valence-electron chi connectivity index (χ1n) is 8.58. The van der Waals surface area contributed by atoms with E-state index in [1.807, 2.05) is 0 Å². The average molecular weight is 344 g/mol. The number of amides is 1. The van der Waals surface area contributed by atoms with Crippen LogP contribution in [0.25, 0.3) is 0 Å². The van der Waals surface area contributed by atoms with Gasteiger partial charge in [0.15, 0.2) is 5.69 Å². The van der Waals surface area contributed by atoms with Gasteiger partial charge in [-0.15, -0.1) is 0 Å². The van der Waals surface area contributed by atoms with Crippen LogP contribution in [0.2, 0.25) is 0 Å². The normalized spacial score (nSPS) is 20.4. The summed E-state index contributed by atoms with van der Waals surface area (Å²) < 4.78 is 11.1. The Labute approximate surface area is 144 Å². The summed E-state index contributed by atoms with van der Waals surface area (Å²) in [7, 11) is 0. The van der Waals surface area contributed by atoms with Gasteiger partial charge in [0, 0.05) is 30.3 Å². The van der Waals surface area contributed by atoms with Crippen molar-refractivity contribution in [2.45, 2.75) is 38.7 Å². The second-order valence-electron chi connectivity index (χ2n) is 6.52. The molecule has 0 unspecified atom stereocenters. The standard InChI is InChI=1S/C17H20N4O4/c1-10-8-14(22)19-16(18-10)13-9-21(6-7-24-13)17(23)15-11-4-2-3-5-12(11)25-20-15/h8,13H,2-7,9H2,1H3,(H,18,19,22)/t13-/m1/s1. The highest BCUT2D eigenvalue weighted by Gasteiger charge is 2.32. The molecule has 1 N–H and O–H groups in total. The molecule has 2 aromatic rings. The van der Waals surface area contributed by atoms with Gasteiger partial charge in [-0.2, -0.15) is 0 Å². The number of fused-ring (bicyclic) bond motifs is 1. The molecule has 2 aromatic heterocycles. The van der Waals surface area contributed by atoms with Gasteiger partial charge in [0.1, 0.15) is 17.7 Å². The third kappa shape index (κ3) is 3.09. The molecule has 0 saturated carbocycles. The Hall–Kier alpha value is -2.48. The lowest BCUT2D eigenvalue weighted by atomic mass is 9.96. The number of hydrogen-bond acceptors (Lipinski definition) is 6. The highest BCUT2D eigenvalue weighted by atomic mass is 16.5. The number of rotatable bonds is 2. The van der Waals surface area contributed by atoms with E-state index in [4.69, 9.17) is 9.26 Å². The van der Waals surface area contributed by atoms with E-state index in [9.17, 15) is 9.59 Å². The fourth-order valence-electron chi connectivity index (χ4n) is 3.46. The van der Waals surface area contributed by atoms with Crippen molar-refractivity contribution in [2.24, 2.45) is 0 Å². The van der Waals surface area contributed by atoms with Gasteiger partial charge >= 0.3 is 0 Å². The Kier molecular flexibility index (Phi) is 4.12. The van der Waals surface area contributed by atoms with E-state index in [0.29, 0.717) is 36.9 Å². The molecule has 3 heterocycles. The predicted octanol–water partition coefficient (Wildman–Crippen LogP) is 1.16. The third-order valence-corrected chi connectivity index (χ3v) is 4.70. The van der Waals surface area contributed by atoms with E-state index in [-0.39, 0.29) is 11.5 Å². The molecule has 132 valence electrons. The third-order valence-electron chi connectivity index (χ3n) is 4.70. The minimum atomic E-state index is -0.451. The van der Waals surface area contributed by atoms with Crippen molar-refractivity contribution < 1.29 is 14.1 Å². The van der Waals surface area contributed by atoms with E-state index in [1.54, 1.807) is 11.8 Å². The van der Waals surface area contributed by atoms with Crippen LogP contribution in [-0.4, -0.2) is 45.6 Å². The summed E-state index contributed by atoms with van der Waals surface area (Å²) in [6.07, 6.45) is 3.35. The number of ether oxygens (including phenoxy) is 1. The smallest absolute Gasteiger partial charge is 0.276 e. The van der Waals surface area contributed by atoms with Crippen molar-refractivity contribution in [3.63, 3.8) is 0 Å². The summed E-state index contributed by atoms with van der Waals surface area (Å²) in [6, 6.07) is 1.43. The number of aromatic nitrogens is 3. The Morgan fingerprint density at radius 3 is 3.04 bits per heavy atom. The monoisotopic (exact) mass is 344 g/mol. The Balaban J connectivity index is 1.56. The lowest BCUT2D eigenvalue weighted by molar-refractivity contribution is -0.0273. The van der Waals surface area contributed by atoms with Crippen molar-refractivity contribution in [3.8, 4) is 0 Å². The number of nitrogens with one attached hydrogen (secondary N) is 1. The van der Waals surface area contributed by atoms with Crippen LogP contribution in [-0.2, 0) is 17.6 Å². The molecule has 0 radical (unpaired) electrons. The topological polar surface area (TPSA) is 101 Å². The quantitative estimate of drug-likeness (QED) is 0.877. The molecule has 4 rings (SSSR count). The molecular weight excluding hydrogens is 324 g/mol. The van der Waals surface area contributed by atoms with Gasteiger partial charge in [-0.1, -0.05) is 5.16 Å². The van der Waals surface area contributed by atoms with E-state index >= 15 is 0 Å². The van der Waals surface area contributed by atoms with Gasteiger partial charge in [0.25, 0.3) is 11.5 Å². The molecular formula is C17H20N4O4. The number of aryl methyl sites for hydroxylation is 2.